The van der Waals surface area contributed by atoms with E-state index in [1.165, 1.54) is 0 Å². The summed E-state index contributed by atoms with van der Waals surface area (Å²) in [4.78, 5) is 2.20. The highest BCUT2D eigenvalue weighted by molar-refractivity contribution is 7.91. The van der Waals surface area contributed by atoms with Crippen LogP contribution in [0.3, 0.4) is 0 Å². The second-order valence-electron chi connectivity index (χ2n) is 5.22. The van der Waals surface area contributed by atoms with Crippen molar-refractivity contribution < 1.29 is 8.42 Å². The Balaban J connectivity index is 2.40. The van der Waals surface area contributed by atoms with Crippen LogP contribution in [0.2, 0.25) is 0 Å². The maximum atomic E-state index is 11.4. The molecule has 0 amide bonds. The number of nitrogens with one attached hydrogen (secondary N) is 1. The average Bonchev–Trinajstić information content (AvgIpc) is 2.18. The lowest BCUT2D eigenvalue weighted by Gasteiger charge is -2.33. The summed E-state index contributed by atoms with van der Waals surface area (Å²) < 4.78 is 22.9. The van der Waals surface area contributed by atoms with Gasteiger partial charge in [0, 0.05) is 31.7 Å². The zero-order valence-electron chi connectivity index (χ0n) is 11.1. The van der Waals surface area contributed by atoms with E-state index in [4.69, 9.17) is 0 Å². The Bertz CT molecular complexity index is 363. The minimum Gasteiger partial charge on any atom is -0.311 e. The SMILES string of the molecule is C=C(CNC(C)C)CN1CCS(=O)(=O)CC1C. The van der Waals surface area contributed by atoms with Crippen molar-refractivity contribution in [3.05, 3.63) is 12.2 Å². The molecule has 1 saturated heterocycles. The van der Waals surface area contributed by atoms with Gasteiger partial charge in [0.25, 0.3) is 0 Å². The second kappa shape index (κ2) is 5.98. The number of hydrogen-bond acceptors (Lipinski definition) is 4. The van der Waals surface area contributed by atoms with Crippen LogP contribution < -0.4 is 5.32 Å². The predicted molar refractivity (Wildman–Crippen MR) is 72.0 cm³/mol. The third-order valence-corrected chi connectivity index (χ3v) is 4.79. The van der Waals surface area contributed by atoms with Gasteiger partial charge in [0.15, 0.2) is 9.84 Å². The van der Waals surface area contributed by atoms with Crippen molar-refractivity contribution in [3.8, 4) is 0 Å². The first-order valence-corrected chi connectivity index (χ1v) is 7.97. The van der Waals surface area contributed by atoms with Crippen LogP contribution in [0.5, 0.6) is 0 Å². The Labute approximate surface area is 105 Å². The molecule has 0 aromatic rings. The van der Waals surface area contributed by atoms with E-state index in [0.29, 0.717) is 12.6 Å². The van der Waals surface area contributed by atoms with Crippen LogP contribution >= 0.6 is 0 Å². The normalized spacial score (nSPS) is 25.1. The van der Waals surface area contributed by atoms with Gasteiger partial charge in [0.05, 0.1) is 11.5 Å². The smallest absolute Gasteiger partial charge is 0.153 e. The lowest BCUT2D eigenvalue weighted by molar-refractivity contribution is 0.244. The molecule has 5 heteroatoms. The Morgan fingerprint density at radius 3 is 2.71 bits per heavy atom. The number of hydrogen-bond donors (Lipinski definition) is 1. The maximum absolute atomic E-state index is 11.4. The van der Waals surface area contributed by atoms with Crippen LogP contribution in [-0.4, -0.2) is 56.5 Å². The minimum atomic E-state index is -2.81. The quantitative estimate of drug-likeness (QED) is 0.738. The molecule has 1 unspecified atom stereocenters. The fourth-order valence-corrected chi connectivity index (χ4v) is 3.58. The highest BCUT2D eigenvalue weighted by Crippen LogP contribution is 2.12. The van der Waals surface area contributed by atoms with Gasteiger partial charge in [-0.25, -0.2) is 8.42 Å². The summed E-state index contributed by atoms with van der Waals surface area (Å²) in [5, 5.41) is 3.32. The van der Waals surface area contributed by atoms with E-state index < -0.39 is 9.84 Å². The topological polar surface area (TPSA) is 49.4 Å². The van der Waals surface area contributed by atoms with Gasteiger partial charge in [-0.05, 0) is 12.5 Å². The van der Waals surface area contributed by atoms with Crippen LogP contribution in [0.1, 0.15) is 20.8 Å². The van der Waals surface area contributed by atoms with Crippen molar-refractivity contribution in [1.82, 2.24) is 10.2 Å². The molecule has 17 heavy (non-hydrogen) atoms. The van der Waals surface area contributed by atoms with Crippen LogP contribution in [-0.2, 0) is 9.84 Å². The predicted octanol–water partition coefficient (Wildman–Crippen LogP) is 0.660. The molecule has 1 atom stereocenters. The molecule has 4 nitrogen and oxygen atoms in total. The molecular formula is C12H24N2O2S. The van der Waals surface area contributed by atoms with Crippen molar-refractivity contribution in [1.29, 1.82) is 0 Å². The third-order valence-electron chi connectivity index (χ3n) is 2.99. The van der Waals surface area contributed by atoms with Crippen molar-refractivity contribution >= 4 is 9.84 Å². The van der Waals surface area contributed by atoms with Gasteiger partial charge in [-0.2, -0.15) is 0 Å². The zero-order chi connectivity index (χ0) is 13.1. The third kappa shape index (κ3) is 5.19. The van der Waals surface area contributed by atoms with E-state index in [0.717, 1.165) is 18.7 Å². The molecular weight excluding hydrogens is 236 g/mol. The molecule has 0 radical (unpaired) electrons. The van der Waals surface area contributed by atoms with Crippen molar-refractivity contribution in [2.24, 2.45) is 0 Å². The van der Waals surface area contributed by atoms with E-state index in [-0.39, 0.29) is 17.5 Å². The van der Waals surface area contributed by atoms with Gasteiger partial charge in [-0.3, -0.25) is 4.90 Å². The molecule has 0 aliphatic carbocycles. The van der Waals surface area contributed by atoms with Crippen molar-refractivity contribution in [3.63, 3.8) is 0 Å². The van der Waals surface area contributed by atoms with Crippen LogP contribution in [0.4, 0.5) is 0 Å². The maximum Gasteiger partial charge on any atom is 0.153 e. The summed E-state index contributed by atoms with van der Waals surface area (Å²) in [5.41, 5.74) is 1.12. The highest BCUT2D eigenvalue weighted by Gasteiger charge is 2.27. The summed E-state index contributed by atoms with van der Waals surface area (Å²) in [6, 6.07) is 0.551. The van der Waals surface area contributed by atoms with E-state index in [2.05, 4.69) is 30.6 Å². The van der Waals surface area contributed by atoms with Gasteiger partial charge in [0.1, 0.15) is 0 Å². The Hall–Kier alpha value is -0.390. The number of sulfone groups is 1. The lowest BCUT2D eigenvalue weighted by Crippen LogP contribution is -2.48. The summed E-state index contributed by atoms with van der Waals surface area (Å²) in [6.07, 6.45) is 0. The summed E-state index contributed by atoms with van der Waals surface area (Å²) >= 11 is 0. The molecule has 0 aromatic carbocycles. The Morgan fingerprint density at radius 2 is 2.18 bits per heavy atom. The molecule has 1 rings (SSSR count). The van der Waals surface area contributed by atoms with Gasteiger partial charge >= 0.3 is 0 Å². The molecule has 1 heterocycles. The fraction of sp³-hybridized carbons (Fsp3) is 0.833. The van der Waals surface area contributed by atoms with E-state index >= 15 is 0 Å². The minimum absolute atomic E-state index is 0.101. The largest absolute Gasteiger partial charge is 0.311 e. The average molecular weight is 260 g/mol. The Kier molecular flexibility index (Phi) is 5.16. The van der Waals surface area contributed by atoms with Crippen LogP contribution in [0.15, 0.2) is 12.2 Å². The summed E-state index contributed by atoms with van der Waals surface area (Å²) in [5.74, 6) is 0.556. The van der Waals surface area contributed by atoms with Crippen LogP contribution in [0.25, 0.3) is 0 Å². The second-order valence-corrected chi connectivity index (χ2v) is 7.45. The molecule has 1 fully saturated rings. The fourth-order valence-electron chi connectivity index (χ4n) is 1.96. The molecule has 0 spiro atoms. The van der Waals surface area contributed by atoms with E-state index in [1.807, 2.05) is 6.92 Å². The Morgan fingerprint density at radius 1 is 1.53 bits per heavy atom. The van der Waals surface area contributed by atoms with Crippen molar-refractivity contribution in [2.75, 3.05) is 31.1 Å². The number of rotatable bonds is 5. The summed E-state index contributed by atoms with van der Waals surface area (Å²) in [6.45, 7) is 12.4. The van der Waals surface area contributed by atoms with Crippen LogP contribution in [0, 0.1) is 0 Å². The summed E-state index contributed by atoms with van der Waals surface area (Å²) in [7, 11) is -2.81. The lowest BCUT2D eigenvalue weighted by atomic mass is 10.2. The van der Waals surface area contributed by atoms with Gasteiger partial charge in [0.2, 0.25) is 0 Å². The molecule has 0 saturated carbocycles. The molecule has 1 aliphatic heterocycles. The van der Waals surface area contributed by atoms with E-state index in [9.17, 15) is 8.42 Å². The van der Waals surface area contributed by atoms with E-state index in [1.54, 1.807) is 0 Å². The van der Waals surface area contributed by atoms with Crippen molar-refractivity contribution in [2.45, 2.75) is 32.9 Å². The van der Waals surface area contributed by atoms with Gasteiger partial charge < -0.3 is 5.32 Å². The zero-order valence-corrected chi connectivity index (χ0v) is 11.9. The molecule has 100 valence electrons. The number of nitrogens with zero attached hydrogens (tertiary/aromatic N) is 1. The first-order valence-electron chi connectivity index (χ1n) is 6.14. The molecule has 0 aromatic heterocycles. The van der Waals surface area contributed by atoms with Gasteiger partial charge in [-0.1, -0.05) is 20.4 Å². The highest BCUT2D eigenvalue weighted by atomic mass is 32.2. The standard InChI is InChI=1S/C12H24N2O2S/c1-10(2)13-7-11(3)8-14-5-6-17(15,16)9-12(14)4/h10,12-13H,3,5-9H2,1-2,4H3. The monoisotopic (exact) mass is 260 g/mol. The van der Waals surface area contributed by atoms with Gasteiger partial charge in [-0.15, -0.1) is 0 Å². The first-order chi connectivity index (χ1) is 7.80. The molecule has 0 bridgehead atoms. The molecule has 1 N–H and O–H groups in total. The first kappa shape index (κ1) is 14.7. The molecule has 1 aliphatic rings.